The van der Waals surface area contributed by atoms with Crippen molar-refractivity contribution < 1.29 is 4.79 Å². The number of thiazole rings is 1. The van der Waals surface area contributed by atoms with E-state index < -0.39 is 17.2 Å². The predicted octanol–water partition coefficient (Wildman–Crippen LogP) is 2.32. The number of fused-ring (bicyclic) bond motifs is 1. The number of hydrogen-bond acceptors (Lipinski definition) is 6. The first-order valence-corrected chi connectivity index (χ1v) is 9.63. The fraction of sp³-hybridized carbons (Fsp3) is 0.150. The first-order valence-electron chi connectivity index (χ1n) is 8.75. The Kier molecular flexibility index (Phi) is 4.59. The highest BCUT2D eigenvalue weighted by Crippen LogP contribution is 2.24. The van der Waals surface area contributed by atoms with Gasteiger partial charge in [-0.05, 0) is 25.1 Å². The lowest BCUT2D eigenvalue weighted by Gasteiger charge is -2.09. The summed E-state index contributed by atoms with van der Waals surface area (Å²) >= 11 is 1.56. The maximum atomic E-state index is 12.7. The highest BCUT2D eigenvalue weighted by Gasteiger charge is 2.14. The molecule has 0 saturated heterocycles. The molecule has 4 rings (SSSR count). The van der Waals surface area contributed by atoms with E-state index in [9.17, 15) is 14.4 Å². The lowest BCUT2D eigenvalue weighted by atomic mass is 10.1. The van der Waals surface area contributed by atoms with Crippen LogP contribution in [-0.2, 0) is 14.1 Å². The second kappa shape index (κ2) is 7.10. The van der Waals surface area contributed by atoms with E-state index in [1.165, 1.54) is 30.9 Å². The van der Waals surface area contributed by atoms with Crippen molar-refractivity contribution in [3.63, 3.8) is 0 Å². The van der Waals surface area contributed by atoms with Crippen LogP contribution in [0.2, 0.25) is 0 Å². The quantitative estimate of drug-likeness (QED) is 0.562. The fourth-order valence-electron chi connectivity index (χ4n) is 3.05. The number of pyridine rings is 1. The van der Waals surface area contributed by atoms with Gasteiger partial charge in [0.25, 0.3) is 11.5 Å². The molecule has 0 unspecified atom stereocenters. The van der Waals surface area contributed by atoms with Crippen molar-refractivity contribution in [1.82, 2.24) is 19.1 Å². The van der Waals surface area contributed by atoms with E-state index in [1.54, 1.807) is 17.4 Å². The summed E-state index contributed by atoms with van der Waals surface area (Å²) < 4.78 is 2.27. The van der Waals surface area contributed by atoms with Gasteiger partial charge in [0.1, 0.15) is 5.65 Å². The highest BCUT2D eigenvalue weighted by molar-refractivity contribution is 7.09. The minimum atomic E-state index is -0.494. The molecule has 9 heteroatoms. The number of carbonyl (C=O) groups excluding carboxylic acids is 1. The van der Waals surface area contributed by atoms with Gasteiger partial charge in [-0.3, -0.25) is 18.7 Å². The Balaban J connectivity index is 1.68. The van der Waals surface area contributed by atoms with Crippen molar-refractivity contribution in [2.24, 2.45) is 14.1 Å². The van der Waals surface area contributed by atoms with Gasteiger partial charge in [0, 0.05) is 36.9 Å². The molecule has 1 aromatic carbocycles. The van der Waals surface area contributed by atoms with Crippen LogP contribution in [-0.4, -0.2) is 25.0 Å². The van der Waals surface area contributed by atoms with E-state index in [1.807, 2.05) is 30.5 Å². The van der Waals surface area contributed by atoms with Gasteiger partial charge in [0.15, 0.2) is 0 Å². The van der Waals surface area contributed by atoms with Gasteiger partial charge in [0.05, 0.1) is 21.7 Å². The summed E-state index contributed by atoms with van der Waals surface area (Å²) in [5, 5.41) is 5.95. The van der Waals surface area contributed by atoms with Gasteiger partial charge in [-0.1, -0.05) is 12.1 Å². The van der Waals surface area contributed by atoms with E-state index in [0.717, 1.165) is 20.8 Å². The number of rotatable bonds is 3. The zero-order valence-electron chi connectivity index (χ0n) is 16.0. The molecule has 1 N–H and O–H groups in total. The van der Waals surface area contributed by atoms with Crippen molar-refractivity contribution in [3.05, 3.63) is 73.3 Å². The summed E-state index contributed by atoms with van der Waals surface area (Å²) in [5.74, 6) is -0.401. The molecule has 0 saturated carbocycles. The minimum absolute atomic E-state index is 0.203. The molecule has 8 nitrogen and oxygen atoms in total. The number of hydrogen-bond donors (Lipinski definition) is 1. The molecule has 0 aliphatic rings. The normalized spacial score (nSPS) is 11.0. The number of nitrogens with zero attached hydrogens (tertiary/aromatic N) is 4. The third-order valence-corrected chi connectivity index (χ3v) is 5.36. The van der Waals surface area contributed by atoms with E-state index in [0.29, 0.717) is 5.69 Å². The van der Waals surface area contributed by atoms with E-state index in [-0.39, 0.29) is 16.6 Å². The highest BCUT2D eigenvalue weighted by atomic mass is 32.1. The third kappa shape index (κ3) is 3.36. The second-order valence-corrected chi connectivity index (χ2v) is 7.65. The molecule has 146 valence electrons. The van der Waals surface area contributed by atoms with Crippen molar-refractivity contribution in [1.29, 1.82) is 0 Å². The largest absolute Gasteiger partial charge is 0.332 e. The van der Waals surface area contributed by atoms with E-state index >= 15 is 0 Å². The lowest BCUT2D eigenvalue weighted by Crippen LogP contribution is -2.37. The zero-order chi connectivity index (χ0) is 20.7. The predicted molar refractivity (Wildman–Crippen MR) is 112 cm³/mol. The molecule has 0 fully saturated rings. The Morgan fingerprint density at radius 2 is 1.93 bits per heavy atom. The Bertz CT molecular complexity index is 1380. The summed E-state index contributed by atoms with van der Waals surface area (Å²) in [5.41, 5.74) is 1.84. The summed E-state index contributed by atoms with van der Waals surface area (Å²) in [7, 11) is 2.92. The number of benzene rings is 1. The lowest BCUT2D eigenvalue weighted by molar-refractivity contribution is 0.102. The topological polar surface area (TPSA) is 98.9 Å². The Hall–Kier alpha value is -3.59. The molecule has 0 aliphatic heterocycles. The van der Waals surface area contributed by atoms with Crippen LogP contribution in [0.15, 0.2) is 51.5 Å². The average Bonchev–Trinajstić information content (AvgIpc) is 3.17. The number of anilines is 1. The van der Waals surface area contributed by atoms with Crippen LogP contribution in [0.1, 0.15) is 15.4 Å². The zero-order valence-corrected chi connectivity index (χ0v) is 16.8. The van der Waals surface area contributed by atoms with Gasteiger partial charge in [0.2, 0.25) is 0 Å². The summed E-state index contributed by atoms with van der Waals surface area (Å²) in [6, 6.07) is 8.82. The molecular formula is C20H17N5O3S. The van der Waals surface area contributed by atoms with Crippen molar-refractivity contribution >= 4 is 34.0 Å². The summed E-state index contributed by atoms with van der Waals surface area (Å²) in [6.07, 6.45) is 1.35. The first kappa shape index (κ1) is 18.8. The fourth-order valence-corrected chi connectivity index (χ4v) is 3.67. The van der Waals surface area contributed by atoms with Crippen LogP contribution in [0.5, 0.6) is 0 Å². The number of amides is 1. The minimum Gasteiger partial charge on any atom is -0.322 e. The van der Waals surface area contributed by atoms with Crippen molar-refractivity contribution in [2.45, 2.75) is 6.92 Å². The van der Waals surface area contributed by atoms with Crippen LogP contribution in [0, 0.1) is 6.92 Å². The first-order chi connectivity index (χ1) is 13.8. The van der Waals surface area contributed by atoms with Gasteiger partial charge in [-0.2, -0.15) is 0 Å². The maximum absolute atomic E-state index is 12.7. The molecule has 4 aromatic rings. The average molecular weight is 407 g/mol. The van der Waals surface area contributed by atoms with Crippen LogP contribution >= 0.6 is 11.3 Å². The second-order valence-electron chi connectivity index (χ2n) is 6.59. The molecule has 1 amide bonds. The Labute approximate surface area is 169 Å². The third-order valence-electron chi connectivity index (χ3n) is 4.59. The Morgan fingerprint density at radius 1 is 1.14 bits per heavy atom. The smallest absolute Gasteiger partial charge is 0.322 e. The van der Waals surface area contributed by atoms with Crippen LogP contribution in [0.4, 0.5) is 5.69 Å². The van der Waals surface area contributed by atoms with Crippen molar-refractivity contribution in [2.75, 3.05) is 5.32 Å². The van der Waals surface area contributed by atoms with Crippen LogP contribution < -0.4 is 16.6 Å². The molecule has 0 bridgehead atoms. The number of aryl methyl sites for hydroxylation is 2. The molecule has 0 radical (unpaired) electrons. The summed E-state index contributed by atoms with van der Waals surface area (Å²) in [4.78, 5) is 45.8. The maximum Gasteiger partial charge on any atom is 0.332 e. The number of nitrogens with one attached hydrogen (secondary N) is 1. The van der Waals surface area contributed by atoms with E-state index in [4.69, 9.17) is 0 Å². The molecule has 0 atom stereocenters. The Morgan fingerprint density at radius 3 is 2.66 bits per heavy atom. The number of carbonyl (C=O) groups is 1. The number of aromatic nitrogens is 4. The molecule has 29 heavy (non-hydrogen) atoms. The molecule has 3 heterocycles. The molecular weight excluding hydrogens is 390 g/mol. The van der Waals surface area contributed by atoms with Gasteiger partial charge >= 0.3 is 5.69 Å². The molecule has 3 aromatic heterocycles. The molecule has 0 aliphatic carbocycles. The van der Waals surface area contributed by atoms with Crippen molar-refractivity contribution in [3.8, 4) is 11.3 Å². The molecule has 0 spiro atoms. The monoisotopic (exact) mass is 407 g/mol. The standard InChI is InChI=1S/C20H17N5O3S/c1-11-22-16(10-29-11)12-5-4-6-14(7-12)23-18(26)13-8-15-17(21-9-13)24(2)20(28)25(3)19(15)27/h4-10H,1-3H3,(H,23,26). The SMILES string of the molecule is Cc1nc(-c2cccc(NC(=O)c3cnc4c(c3)c(=O)n(C)c(=O)n4C)c2)cs1. The van der Waals surface area contributed by atoms with E-state index in [2.05, 4.69) is 15.3 Å². The van der Waals surface area contributed by atoms with Crippen LogP contribution in [0.3, 0.4) is 0 Å². The van der Waals surface area contributed by atoms with Crippen LogP contribution in [0.25, 0.3) is 22.3 Å². The van der Waals surface area contributed by atoms with Gasteiger partial charge in [-0.25, -0.2) is 14.8 Å². The summed E-state index contributed by atoms with van der Waals surface area (Å²) in [6.45, 7) is 1.94. The van der Waals surface area contributed by atoms with Gasteiger partial charge < -0.3 is 5.32 Å². The van der Waals surface area contributed by atoms with Gasteiger partial charge in [-0.15, -0.1) is 11.3 Å².